The minimum Gasteiger partial charge on any atom is -0.496 e. The topological polar surface area (TPSA) is 76.7 Å². The SMILES string of the molecule is COc1ccccc1C=CC(=O)NNC(=O)COc1ccccc1-c1ccccc1. The van der Waals surface area contributed by atoms with E-state index in [9.17, 15) is 9.59 Å². The number of amides is 2. The summed E-state index contributed by atoms with van der Waals surface area (Å²) < 4.78 is 10.9. The standard InChI is InChI=1S/C24H22N2O4/c1-29-21-13-7-5-11-19(21)15-16-23(27)25-26-24(28)17-30-22-14-8-6-12-20(22)18-9-3-2-4-10-18/h2-16H,17H2,1H3,(H,25,27)(H,26,28). The third-order valence-electron chi connectivity index (χ3n) is 4.21. The molecule has 0 radical (unpaired) electrons. The lowest BCUT2D eigenvalue weighted by atomic mass is 10.1. The van der Waals surface area contributed by atoms with E-state index in [1.54, 1.807) is 25.3 Å². The third kappa shape index (κ3) is 5.72. The maximum atomic E-state index is 12.0. The molecule has 0 heterocycles. The van der Waals surface area contributed by atoms with E-state index in [4.69, 9.17) is 9.47 Å². The second kappa shape index (κ2) is 10.5. The molecule has 0 saturated carbocycles. The molecule has 3 aromatic carbocycles. The lowest BCUT2D eigenvalue weighted by Gasteiger charge is -2.12. The second-order valence-electron chi connectivity index (χ2n) is 6.26. The van der Waals surface area contributed by atoms with Crippen LogP contribution in [0.3, 0.4) is 0 Å². The van der Waals surface area contributed by atoms with Gasteiger partial charge in [-0.25, -0.2) is 0 Å². The zero-order valence-electron chi connectivity index (χ0n) is 16.5. The van der Waals surface area contributed by atoms with E-state index in [1.807, 2.05) is 66.7 Å². The van der Waals surface area contributed by atoms with Gasteiger partial charge in [-0.2, -0.15) is 0 Å². The van der Waals surface area contributed by atoms with Crippen LogP contribution in [0.15, 0.2) is 84.9 Å². The van der Waals surface area contributed by atoms with Gasteiger partial charge in [-0.05, 0) is 23.8 Å². The van der Waals surface area contributed by atoms with Crippen molar-refractivity contribution >= 4 is 17.9 Å². The number of carbonyl (C=O) groups excluding carboxylic acids is 2. The Labute approximate surface area is 175 Å². The van der Waals surface area contributed by atoms with Crippen LogP contribution in [-0.2, 0) is 9.59 Å². The van der Waals surface area contributed by atoms with E-state index in [2.05, 4.69) is 10.9 Å². The first-order valence-electron chi connectivity index (χ1n) is 9.34. The fourth-order valence-electron chi connectivity index (χ4n) is 2.77. The van der Waals surface area contributed by atoms with E-state index < -0.39 is 11.8 Å². The van der Waals surface area contributed by atoms with Crippen LogP contribution >= 0.6 is 0 Å². The van der Waals surface area contributed by atoms with Crippen molar-refractivity contribution < 1.29 is 19.1 Å². The molecule has 6 nitrogen and oxygen atoms in total. The Morgan fingerprint density at radius 1 is 0.833 bits per heavy atom. The number of hydrazine groups is 1. The number of hydrogen-bond acceptors (Lipinski definition) is 4. The van der Waals surface area contributed by atoms with Gasteiger partial charge in [0.1, 0.15) is 11.5 Å². The van der Waals surface area contributed by atoms with Crippen molar-refractivity contribution in [1.82, 2.24) is 10.9 Å². The molecular weight excluding hydrogens is 380 g/mol. The fourth-order valence-corrected chi connectivity index (χ4v) is 2.77. The van der Waals surface area contributed by atoms with E-state index in [-0.39, 0.29) is 6.61 Å². The molecule has 0 aliphatic rings. The summed E-state index contributed by atoms with van der Waals surface area (Å²) in [6.45, 7) is -0.236. The highest BCUT2D eigenvalue weighted by atomic mass is 16.5. The first kappa shape index (κ1) is 20.7. The van der Waals surface area contributed by atoms with Gasteiger partial charge in [-0.15, -0.1) is 0 Å². The first-order valence-corrected chi connectivity index (χ1v) is 9.34. The summed E-state index contributed by atoms with van der Waals surface area (Å²) >= 11 is 0. The van der Waals surface area contributed by atoms with Crippen LogP contribution in [0.1, 0.15) is 5.56 Å². The lowest BCUT2D eigenvalue weighted by Crippen LogP contribution is -2.43. The highest BCUT2D eigenvalue weighted by Gasteiger charge is 2.08. The Hall–Kier alpha value is -4.06. The van der Waals surface area contributed by atoms with Crippen LogP contribution < -0.4 is 20.3 Å². The van der Waals surface area contributed by atoms with E-state index in [0.717, 1.165) is 16.7 Å². The molecule has 6 heteroatoms. The molecular formula is C24H22N2O4. The normalized spacial score (nSPS) is 10.4. The fraction of sp³-hybridized carbons (Fsp3) is 0.0833. The Bertz CT molecular complexity index is 1030. The van der Waals surface area contributed by atoms with Crippen molar-refractivity contribution in [2.75, 3.05) is 13.7 Å². The first-order chi connectivity index (χ1) is 14.7. The predicted molar refractivity (Wildman–Crippen MR) is 116 cm³/mol. The molecule has 0 aromatic heterocycles. The summed E-state index contributed by atoms with van der Waals surface area (Å²) in [5.41, 5.74) is 7.28. The van der Waals surface area contributed by atoms with Crippen LogP contribution in [0.4, 0.5) is 0 Å². The summed E-state index contributed by atoms with van der Waals surface area (Å²) in [5.74, 6) is 0.285. The predicted octanol–water partition coefficient (Wildman–Crippen LogP) is 3.60. The summed E-state index contributed by atoms with van der Waals surface area (Å²) in [7, 11) is 1.56. The summed E-state index contributed by atoms with van der Waals surface area (Å²) in [6.07, 6.45) is 2.91. The van der Waals surface area contributed by atoms with Crippen molar-refractivity contribution in [1.29, 1.82) is 0 Å². The maximum absolute atomic E-state index is 12.0. The number of carbonyl (C=O) groups is 2. The van der Waals surface area contributed by atoms with Crippen molar-refractivity contribution in [2.24, 2.45) is 0 Å². The van der Waals surface area contributed by atoms with E-state index in [0.29, 0.717) is 11.5 Å². The van der Waals surface area contributed by atoms with Crippen LogP contribution in [-0.4, -0.2) is 25.5 Å². The molecule has 0 spiro atoms. The van der Waals surface area contributed by atoms with E-state index >= 15 is 0 Å². The van der Waals surface area contributed by atoms with Gasteiger partial charge in [0, 0.05) is 17.2 Å². The highest BCUT2D eigenvalue weighted by Crippen LogP contribution is 2.29. The van der Waals surface area contributed by atoms with Crippen molar-refractivity contribution in [3.05, 3.63) is 90.5 Å². The molecule has 0 saturated heterocycles. The minimum atomic E-state index is -0.475. The molecule has 3 aromatic rings. The van der Waals surface area contributed by atoms with Crippen LogP contribution in [0, 0.1) is 0 Å². The van der Waals surface area contributed by atoms with Gasteiger partial charge < -0.3 is 9.47 Å². The smallest absolute Gasteiger partial charge is 0.276 e. The number of nitrogens with one attached hydrogen (secondary N) is 2. The summed E-state index contributed by atoms with van der Waals surface area (Å²) in [4.78, 5) is 24.0. The number of benzene rings is 3. The average Bonchev–Trinajstić information content (AvgIpc) is 2.81. The van der Waals surface area contributed by atoms with Crippen molar-refractivity contribution in [3.63, 3.8) is 0 Å². The van der Waals surface area contributed by atoms with Gasteiger partial charge >= 0.3 is 0 Å². The molecule has 2 N–H and O–H groups in total. The van der Waals surface area contributed by atoms with Gasteiger partial charge in [-0.1, -0.05) is 66.7 Å². The molecule has 2 amide bonds. The molecule has 152 valence electrons. The quantitative estimate of drug-likeness (QED) is 0.468. The summed E-state index contributed by atoms with van der Waals surface area (Å²) in [6, 6.07) is 24.5. The molecule has 0 bridgehead atoms. The molecule has 3 rings (SSSR count). The largest absolute Gasteiger partial charge is 0.496 e. The summed E-state index contributed by atoms with van der Waals surface area (Å²) in [5, 5.41) is 0. The zero-order chi connectivity index (χ0) is 21.2. The molecule has 0 aliphatic heterocycles. The van der Waals surface area contributed by atoms with Gasteiger partial charge in [0.2, 0.25) is 0 Å². The average molecular weight is 402 g/mol. The van der Waals surface area contributed by atoms with Gasteiger partial charge in [0.15, 0.2) is 6.61 Å². The number of ether oxygens (including phenoxy) is 2. The van der Waals surface area contributed by atoms with Crippen molar-refractivity contribution in [3.8, 4) is 22.6 Å². The monoisotopic (exact) mass is 402 g/mol. The van der Waals surface area contributed by atoms with Gasteiger partial charge in [0.05, 0.1) is 7.11 Å². The number of rotatable bonds is 7. The second-order valence-corrected chi connectivity index (χ2v) is 6.26. The molecule has 0 atom stereocenters. The Morgan fingerprint density at radius 3 is 2.27 bits per heavy atom. The number of methoxy groups -OCH3 is 1. The van der Waals surface area contributed by atoms with Gasteiger partial charge in [0.25, 0.3) is 11.8 Å². The van der Waals surface area contributed by atoms with Crippen LogP contribution in [0.25, 0.3) is 17.2 Å². The molecule has 0 fully saturated rings. The Morgan fingerprint density at radius 2 is 1.50 bits per heavy atom. The lowest BCUT2D eigenvalue weighted by molar-refractivity contribution is -0.128. The molecule has 0 aliphatic carbocycles. The molecule has 0 unspecified atom stereocenters. The third-order valence-corrected chi connectivity index (χ3v) is 4.21. The Kier molecular flexibility index (Phi) is 7.22. The Balaban J connectivity index is 1.51. The minimum absolute atomic E-state index is 0.236. The highest BCUT2D eigenvalue weighted by molar-refractivity contribution is 5.93. The number of hydrogen-bond donors (Lipinski definition) is 2. The van der Waals surface area contributed by atoms with Crippen molar-refractivity contribution in [2.45, 2.75) is 0 Å². The van der Waals surface area contributed by atoms with Gasteiger partial charge in [-0.3, -0.25) is 20.4 Å². The number of para-hydroxylation sites is 2. The van der Waals surface area contributed by atoms with E-state index in [1.165, 1.54) is 6.08 Å². The maximum Gasteiger partial charge on any atom is 0.276 e. The van der Waals surface area contributed by atoms with Crippen LogP contribution in [0.2, 0.25) is 0 Å². The molecule has 30 heavy (non-hydrogen) atoms. The zero-order valence-corrected chi connectivity index (χ0v) is 16.5. The van der Waals surface area contributed by atoms with Crippen LogP contribution in [0.5, 0.6) is 11.5 Å².